The molecule has 2 amide bonds. The topological polar surface area (TPSA) is 148 Å². The predicted molar refractivity (Wildman–Crippen MR) is 135 cm³/mol. The molecule has 2 aromatic heterocycles. The van der Waals surface area contributed by atoms with Gasteiger partial charge in [0, 0.05) is 31.8 Å². The zero-order valence-electron chi connectivity index (χ0n) is 21.5. The van der Waals surface area contributed by atoms with Gasteiger partial charge in [0.25, 0.3) is 0 Å². The van der Waals surface area contributed by atoms with E-state index in [4.69, 9.17) is 14.2 Å². The van der Waals surface area contributed by atoms with Crippen LogP contribution in [-0.2, 0) is 9.47 Å². The fourth-order valence-electron chi connectivity index (χ4n) is 3.08. The number of nitrogens with one attached hydrogen (secondary N) is 2. The van der Waals surface area contributed by atoms with Crippen molar-refractivity contribution in [1.82, 2.24) is 15.0 Å². The second-order valence-corrected chi connectivity index (χ2v) is 8.31. The van der Waals surface area contributed by atoms with Gasteiger partial charge in [-0.25, -0.2) is 24.5 Å². The molecule has 0 bridgehead atoms. The van der Waals surface area contributed by atoms with Gasteiger partial charge in [-0.3, -0.25) is 10.6 Å². The van der Waals surface area contributed by atoms with E-state index in [0.29, 0.717) is 37.6 Å². The molecule has 0 aliphatic rings. The van der Waals surface area contributed by atoms with E-state index in [1.54, 1.807) is 26.0 Å². The number of aliphatic hydroxyl groups is 1. The Morgan fingerprint density at radius 2 is 1.92 bits per heavy atom. The van der Waals surface area contributed by atoms with E-state index < -0.39 is 17.8 Å². The Morgan fingerprint density at radius 3 is 2.58 bits per heavy atom. The summed E-state index contributed by atoms with van der Waals surface area (Å²) in [6.45, 7) is 9.30. The van der Waals surface area contributed by atoms with E-state index in [2.05, 4.69) is 32.5 Å². The number of methoxy groups -OCH3 is 1. The Bertz CT molecular complexity index is 997. The molecule has 2 rings (SSSR count). The zero-order chi connectivity index (χ0) is 26.6. The highest BCUT2D eigenvalue weighted by Gasteiger charge is 2.19. The van der Waals surface area contributed by atoms with Crippen LogP contribution >= 0.6 is 0 Å². The summed E-state index contributed by atoms with van der Waals surface area (Å²) in [7, 11) is 1.24. The maximum Gasteiger partial charge on any atom is 0.376 e. The van der Waals surface area contributed by atoms with Gasteiger partial charge >= 0.3 is 12.0 Å². The fourth-order valence-corrected chi connectivity index (χ4v) is 3.08. The van der Waals surface area contributed by atoms with Crippen molar-refractivity contribution in [3.8, 4) is 5.75 Å². The molecule has 2 heterocycles. The average molecular weight is 505 g/mol. The van der Waals surface area contributed by atoms with Gasteiger partial charge in [0.2, 0.25) is 5.82 Å². The number of anilines is 3. The van der Waals surface area contributed by atoms with E-state index in [9.17, 15) is 14.7 Å². The molecule has 0 aromatic carbocycles. The summed E-state index contributed by atoms with van der Waals surface area (Å²) in [5.74, 6) is -1.10. The molecule has 0 saturated heterocycles. The number of pyridine rings is 1. The maximum absolute atomic E-state index is 12.8. The normalized spacial score (nSPS) is 11.1. The molecule has 12 heteroatoms. The van der Waals surface area contributed by atoms with Crippen LogP contribution in [0.4, 0.5) is 22.1 Å². The van der Waals surface area contributed by atoms with Crippen LogP contribution in [0.25, 0.3) is 0 Å². The van der Waals surface area contributed by atoms with E-state index in [1.807, 2.05) is 11.8 Å². The minimum atomic E-state index is -1.19. The average Bonchev–Trinajstić information content (AvgIpc) is 2.84. The lowest BCUT2D eigenvalue weighted by atomic mass is 10.3. The number of carbonyl (C=O) groups is 2. The van der Waals surface area contributed by atoms with Crippen molar-refractivity contribution < 1.29 is 28.9 Å². The zero-order valence-corrected chi connectivity index (χ0v) is 21.5. The summed E-state index contributed by atoms with van der Waals surface area (Å²) in [6.07, 6.45) is 5.52. The number of aromatic nitrogens is 3. The van der Waals surface area contributed by atoms with Gasteiger partial charge in [-0.1, -0.05) is 13.3 Å². The third-order valence-electron chi connectivity index (χ3n) is 4.86. The molecule has 0 atom stereocenters. The number of urea groups is 1. The lowest BCUT2D eigenvalue weighted by Gasteiger charge is -2.24. The lowest BCUT2D eigenvalue weighted by molar-refractivity contribution is -0.176. The highest BCUT2D eigenvalue weighted by Crippen LogP contribution is 2.24. The number of nitrogens with zero attached hydrogens (tertiary/aromatic N) is 4. The van der Waals surface area contributed by atoms with Gasteiger partial charge in [-0.15, -0.1) is 0 Å². The number of hydrogen-bond donors (Lipinski definition) is 3. The van der Waals surface area contributed by atoms with Crippen molar-refractivity contribution in [2.24, 2.45) is 0 Å². The number of ether oxygens (including phenoxy) is 3. The molecule has 12 nitrogen and oxygen atoms in total. The first-order valence-electron chi connectivity index (χ1n) is 11.9. The monoisotopic (exact) mass is 504 g/mol. The lowest BCUT2D eigenvalue weighted by Crippen LogP contribution is -2.28. The standard InChI is InChI=1S/C24H36N6O6/c1-6-8-12-30(7-2)18-16-26-21(22(31)34-5)28-20(18)29-23(32)27-19-15-17(10-11-25-19)35-13-9-14-36-24(3,4)33/h10-11,15-16,33H,6-9,12-14H2,1-5H3,(H2,25,26,27,28,29,32). The first-order chi connectivity index (χ1) is 17.2. The van der Waals surface area contributed by atoms with Crippen molar-refractivity contribution >= 4 is 29.3 Å². The van der Waals surface area contributed by atoms with Crippen LogP contribution in [0, 0.1) is 0 Å². The molecule has 0 unspecified atom stereocenters. The summed E-state index contributed by atoms with van der Waals surface area (Å²) < 4.78 is 15.6. The molecule has 0 radical (unpaired) electrons. The molecule has 0 aliphatic heterocycles. The highest BCUT2D eigenvalue weighted by molar-refractivity contribution is 6.01. The summed E-state index contributed by atoms with van der Waals surface area (Å²) >= 11 is 0. The quantitative estimate of drug-likeness (QED) is 0.198. The number of rotatable bonds is 14. The summed E-state index contributed by atoms with van der Waals surface area (Å²) in [5, 5.41) is 14.9. The Hall–Kier alpha value is -3.51. The van der Waals surface area contributed by atoms with Crippen LogP contribution < -0.4 is 20.3 Å². The molecule has 0 aliphatic carbocycles. The van der Waals surface area contributed by atoms with Crippen molar-refractivity contribution in [3.05, 3.63) is 30.4 Å². The van der Waals surface area contributed by atoms with Crippen LogP contribution in [-0.4, -0.2) is 71.3 Å². The molecule has 36 heavy (non-hydrogen) atoms. The molecule has 198 valence electrons. The van der Waals surface area contributed by atoms with Crippen LogP contribution in [0.3, 0.4) is 0 Å². The third kappa shape index (κ3) is 9.62. The minimum Gasteiger partial charge on any atom is -0.493 e. The molecule has 0 saturated carbocycles. The number of amides is 2. The molecule has 3 N–H and O–H groups in total. The van der Waals surface area contributed by atoms with Gasteiger partial charge in [-0.05, 0) is 33.3 Å². The minimum absolute atomic E-state index is 0.162. The van der Waals surface area contributed by atoms with Gasteiger partial charge in [-0.2, -0.15) is 0 Å². The largest absolute Gasteiger partial charge is 0.493 e. The van der Waals surface area contributed by atoms with Gasteiger partial charge in [0.15, 0.2) is 11.6 Å². The van der Waals surface area contributed by atoms with Gasteiger partial charge in [0.1, 0.15) is 11.6 Å². The SMILES string of the molecule is CCCCN(CC)c1cnc(C(=O)OC)nc1NC(=O)Nc1cc(OCCCOC(C)(C)O)ccn1. The first-order valence-corrected chi connectivity index (χ1v) is 11.9. The van der Waals surface area contributed by atoms with Crippen molar-refractivity contribution in [3.63, 3.8) is 0 Å². The van der Waals surface area contributed by atoms with Crippen molar-refractivity contribution in [1.29, 1.82) is 0 Å². The maximum atomic E-state index is 12.8. The first kappa shape index (κ1) is 28.7. The molecular formula is C24H36N6O6. The van der Waals surface area contributed by atoms with Gasteiger partial charge in [0.05, 0.1) is 32.2 Å². The third-order valence-corrected chi connectivity index (χ3v) is 4.86. The van der Waals surface area contributed by atoms with E-state index in [0.717, 1.165) is 19.4 Å². The van der Waals surface area contributed by atoms with Crippen molar-refractivity contribution in [2.45, 2.75) is 52.7 Å². The second-order valence-electron chi connectivity index (χ2n) is 8.31. The van der Waals surface area contributed by atoms with Crippen LogP contribution in [0.15, 0.2) is 24.5 Å². The number of hydrogen-bond acceptors (Lipinski definition) is 10. The molecule has 0 spiro atoms. The predicted octanol–water partition coefficient (Wildman–Crippen LogP) is 3.44. The Labute approximate surface area is 211 Å². The van der Waals surface area contributed by atoms with E-state index in [-0.39, 0.29) is 17.5 Å². The molecule has 2 aromatic rings. The number of carbonyl (C=O) groups excluding carboxylic acids is 2. The fraction of sp³-hybridized carbons (Fsp3) is 0.542. The summed E-state index contributed by atoms with van der Waals surface area (Å²) in [6, 6.07) is 2.65. The smallest absolute Gasteiger partial charge is 0.376 e. The van der Waals surface area contributed by atoms with Crippen LogP contribution in [0.1, 0.15) is 57.6 Å². The second kappa shape index (κ2) is 14.1. The highest BCUT2D eigenvalue weighted by atomic mass is 16.6. The number of unbranched alkanes of at least 4 members (excludes halogenated alkanes) is 1. The van der Waals surface area contributed by atoms with Gasteiger partial charge < -0.3 is 24.2 Å². The Balaban J connectivity index is 2.08. The Morgan fingerprint density at radius 1 is 1.14 bits per heavy atom. The van der Waals surface area contributed by atoms with Crippen molar-refractivity contribution in [2.75, 3.05) is 48.9 Å². The number of esters is 1. The molecular weight excluding hydrogens is 468 g/mol. The Kier molecular flexibility index (Phi) is 11.3. The summed E-state index contributed by atoms with van der Waals surface area (Å²) in [5.41, 5.74) is 0.590. The van der Waals surface area contributed by atoms with Crippen LogP contribution in [0.5, 0.6) is 5.75 Å². The van der Waals surface area contributed by atoms with E-state index >= 15 is 0 Å². The van der Waals surface area contributed by atoms with E-state index in [1.165, 1.54) is 19.5 Å². The van der Waals surface area contributed by atoms with Crippen LogP contribution in [0.2, 0.25) is 0 Å². The summed E-state index contributed by atoms with van der Waals surface area (Å²) in [4.78, 5) is 39.2. The molecule has 0 fully saturated rings.